The Bertz CT molecular complexity index is 195. The molecule has 0 aromatic rings. The van der Waals surface area contributed by atoms with Crippen LogP contribution in [0.1, 0.15) is 27.2 Å². The van der Waals surface area contributed by atoms with E-state index in [4.69, 9.17) is 0 Å². The Hall–Kier alpha value is 0.270. The summed E-state index contributed by atoms with van der Waals surface area (Å²) >= 11 is 2.13. The van der Waals surface area contributed by atoms with E-state index in [0.29, 0.717) is 17.0 Å². The summed E-state index contributed by atoms with van der Waals surface area (Å²) in [6, 6.07) is 1.41. The van der Waals surface area contributed by atoms with E-state index < -0.39 is 0 Å². The minimum Gasteiger partial charge on any atom is -0.298 e. The number of likely N-dealkylation sites (tertiary alicyclic amines) is 1. The summed E-state index contributed by atoms with van der Waals surface area (Å²) in [4.78, 5) is 2.99. The minimum absolute atomic E-state index is 0.406. The van der Waals surface area contributed by atoms with Gasteiger partial charge in [0.2, 0.25) is 0 Å². The van der Waals surface area contributed by atoms with E-state index in [2.05, 4.69) is 42.7 Å². The molecule has 0 amide bonds. The van der Waals surface area contributed by atoms with Gasteiger partial charge in [-0.05, 0) is 27.2 Å². The summed E-state index contributed by atoms with van der Waals surface area (Å²) in [5.74, 6) is 1.28. The number of hydrogen-bond donors (Lipinski definition) is 1. The van der Waals surface area contributed by atoms with Crippen molar-refractivity contribution in [3.05, 3.63) is 0 Å². The second kappa shape index (κ2) is 3.44. The number of rotatable bonds is 1. The van der Waals surface area contributed by atoms with Gasteiger partial charge in [0.25, 0.3) is 0 Å². The maximum Gasteiger partial charge on any atom is 0.0788 e. The number of hydrogen-bond acceptors (Lipinski definition) is 3. The molecule has 2 aliphatic rings. The topological polar surface area (TPSA) is 15.3 Å². The van der Waals surface area contributed by atoms with Gasteiger partial charge in [-0.3, -0.25) is 10.2 Å². The van der Waals surface area contributed by atoms with Gasteiger partial charge in [0.05, 0.1) is 4.87 Å². The largest absolute Gasteiger partial charge is 0.298 e. The third kappa shape index (κ3) is 1.88. The van der Waals surface area contributed by atoms with Crippen LogP contribution in [-0.2, 0) is 0 Å². The highest BCUT2D eigenvalue weighted by atomic mass is 32.2. The van der Waals surface area contributed by atoms with Crippen LogP contribution >= 0.6 is 11.8 Å². The molecule has 1 N–H and O–H groups in total. The van der Waals surface area contributed by atoms with Gasteiger partial charge in [-0.15, -0.1) is 11.8 Å². The third-order valence-electron chi connectivity index (χ3n) is 3.11. The first-order valence-corrected chi connectivity index (χ1v) is 6.26. The fourth-order valence-corrected chi connectivity index (χ4v) is 3.73. The van der Waals surface area contributed by atoms with Crippen LogP contribution in [0.5, 0.6) is 0 Å². The smallest absolute Gasteiger partial charge is 0.0788 e. The predicted molar refractivity (Wildman–Crippen MR) is 59.1 cm³/mol. The molecule has 2 heterocycles. The lowest BCUT2D eigenvalue weighted by Gasteiger charge is -2.26. The zero-order valence-electron chi connectivity index (χ0n) is 8.84. The van der Waals surface area contributed by atoms with Gasteiger partial charge in [-0.1, -0.05) is 0 Å². The molecule has 0 radical (unpaired) electrons. The first-order chi connectivity index (χ1) is 6.11. The van der Waals surface area contributed by atoms with Gasteiger partial charge in [-0.25, -0.2) is 0 Å². The minimum atomic E-state index is 0.406. The third-order valence-corrected chi connectivity index (χ3v) is 4.78. The second-order valence-electron chi connectivity index (χ2n) is 4.66. The molecule has 0 aromatic heterocycles. The molecule has 3 heteroatoms. The van der Waals surface area contributed by atoms with Crippen molar-refractivity contribution >= 4 is 11.8 Å². The predicted octanol–water partition coefficient (Wildman–Crippen LogP) is 1.52. The molecule has 0 saturated carbocycles. The van der Waals surface area contributed by atoms with Gasteiger partial charge in [-0.2, -0.15) is 0 Å². The van der Waals surface area contributed by atoms with Crippen molar-refractivity contribution in [1.82, 2.24) is 10.2 Å². The van der Waals surface area contributed by atoms with Gasteiger partial charge < -0.3 is 0 Å². The number of nitrogens with zero attached hydrogens (tertiary/aromatic N) is 1. The van der Waals surface area contributed by atoms with Gasteiger partial charge in [0.1, 0.15) is 0 Å². The lowest BCUT2D eigenvalue weighted by molar-refractivity contribution is 0.263. The monoisotopic (exact) mass is 200 g/mol. The van der Waals surface area contributed by atoms with Crippen LogP contribution < -0.4 is 5.32 Å². The fourth-order valence-electron chi connectivity index (χ4n) is 2.30. The molecule has 2 saturated heterocycles. The quantitative estimate of drug-likeness (QED) is 0.691. The van der Waals surface area contributed by atoms with E-state index in [0.717, 1.165) is 0 Å². The molecule has 0 aromatic carbocycles. The van der Waals surface area contributed by atoms with Crippen LogP contribution in [-0.4, -0.2) is 40.7 Å². The van der Waals surface area contributed by atoms with Crippen molar-refractivity contribution in [2.24, 2.45) is 0 Å². The SMILES string of the molecule is CC1CSC2(CCN(C(C)C)C2)N1. The Kier molecular flexibility index (Phi) is 2.60. The summed E-state index contributed by atoms with van der Waals surface area (Å²) < 4.78 is 0. The summed E-state index contributed by atoms with van der Waals surface area (Å²) in [5, 5.41) is 3.74. The van der Waals surface area contributed by atoms with Crippen molar-refractivity contribution in [3.8, 4) is 0 Å². The lowest BCUT2D eigenvalue weighted by atomic mass is 10.2. The summed E-state index contributed by atoms with van der Waals surface area (Å²) in [5.41, 5.74) is 0. The molecular formula is C10H20N2S. The van der Waals surface area contributed by atoms with Crippen molar-refractivity contribution < 1.29 is 0 Å². The zero-order valence-corrected chi connectivity index (χ0v) is 9.66. The van der Waals surface area contributed by atoms with Crippen LogP contribution in [0.25, 0.3) is 0 Å². The highest BCUT2D eigenvalue weighted by molar-refractivity contribution is 8.01. The maximum absolute atomic E-state index is 3.74. The van der Waals surface area contributed by atoms with E-state index >= 15 is 0 Å². The molecule has 2 fully saturated rings. The Balaban J connectivity index is 1.97. The Morgan fingerprint density at radius 2 is 2.31 bits per heavy atom. The lowest BCUT2D eigenvalue weighted by Crippen LogP contribution is -2.43. The highest BCUT2D eigenvalue weighted by Crippen LogP contribution is 2.38. The molecular weight excluding hydrogens is 180 g/mol. The second-order valence-corrected chi connectivity index (χ2v) is 6.07. The van der Waals surface area contributed by atoms with Crippen LogP contribution in [0.4, 0.5) is 0 Å². The number of nitrogens with one attached hydrogen (secondary N) is 1. The van der Waals surface area contributed by atoms with E-state index in [1.54, 1.807) is 0 Å². The average molecular weight is 200 g/mol. The van der Waals surface area contributed by atoms with Gasteiger partial charge in [0.15, 0.2) is 0 Å². The Labute approximate surface area is 85.4 Å². The molecule has 2 unspecified atom stereocenters. The molecule has 2 aliphatic heterocycles. The first kappa shape index (κ1) is 9.81. The molecule has 1 spiro atoms. The van der Waals surface area contributed by atoms with E-state index in [1.165, 1.54) is 25.3 Å². The van der Waals surface area contributed by atoms with E-state index in [1.807, 2.05) is 0 Å². The molecule has 0 aliphatic carbocycles. The molecule has 2 nitrogen and oxygen atoms in total. The average Bonchev–Trinajstić information content (AvgIpc) is 2.61. The van der Waals surface area contributed by atoms with E-state index in [-0.39, 0.29) is 0 Å². The van der Waals surface area contributed by atoms with Crippen LogP contribution in [0.15, 0.2) is 0 Å². The zero-order chi connectivity index (χ0) is 9.47. The summed E-state index contributed by atoms with van der Waals surface area (Å²) in [6.07, 6.45) is 1.32. The summed E-state index contributed by atoms with van der Waals surface area (Å²) in [7, 11) is 0. The number of thioether (sulfide) groups is 1. The fraction of sp³-hybridized carbons (Fsp3) is 1.00. The molecule has 2 rings (SSSR count). The van der Waals surface area contributed by atoms with Crippen LogP contribution in [0, 0.1) is 0 Å². The highest BCUT2D eigenvalue weighted by Gasteiger charge is 2.43. The van der Waals surface area contributed by atoms with Gasteiger partial charge in [0, 0.05) is 30.9 Å². The standard InChI is InChI=1S/C10H20N2S/c1-8(2)12-5-4-10(7-12)11-9(3)6-13-10/h8-9,11H,4-7H2,1-3H3. The van der Waals surface area contributed by atoms with Crippen molar-refractivity contribution in [2.45, 2.75) is 44.1 Å². The van der Waals surface area contributed by atoms with Gasteiger partial charge >= 0.3 is 0 Å². The van der Waals surface area contributed by atoms with Crippen molar-refractivity contribution in [3.63, 3.8) is 0 Å². The molecule has 13 heavy (non-hydrogen) atoms. The molecule has 0 bridgehead atoms. The van der Waals surface area contributed by atoms with Crippen LogP contribution in [0.2, 0.25) is 0 Å². The van der Waals surface area contributed by atoms with Crippen molar-refractivity contribution in [2.75, 3.05) is 18.8 Å². The Morgan fingerprint density at radius 3 is 2.77 bits per heavy atom. The normalized spacial score (nSPS) is 41.1. The summed E-state index contributed by atoms with van der Waals surface area (Å²) in [6.45, 7) is 9.38. The Morgan fingerprint density at radius 1 is 1.54 bits per heavy atom. The first-order valence-electron chi connectivity index (χ1n) is 5.27. The van der Waals surface area contributed by atoms with E-state index in [9.17, 15) is 0 Å². The maximum atomic E-state index is 3.74. The molecule has 2 atom stereocenters. The molecule has 76 valence electrons. The van der Waals surface area contributed by atoms with Crippen molar-refractivity contribution in [1.29, 1.82) is 0 Å². The van der Waals surface area contributed by atoms with Crippen LogP contribution in [0.3, 0.4) is 0 Å².